The van der Waals surface area contributed by atoms with Crippen LogP contribution in [0.1, 0.15) is 30.1 Å². The third-order valence-corrected chi connectivity index (χ3v) is 2.80. The topological polar surface area (TPSA) is 72.0 Å². The second-order valence-corrected chi connectivity index (χ2v) is 3.97. The number of nitrogens with one attached hydrogen (secondary N) is 1. The van der Waals surface area contributed by atoms with Crippen LogP contribution in [0.25, 0.3) is 0 Å². The van der Waals surface area contributed by atoms with Gasteiger partial charge in [0.05, 0.1) is 17.5 Å². The molecule has 1 atom stereocenters. The number of hydrogen-bond acceptors (Lipinski definition) is 4. The fraction of sp³-hybridized carbons (Fsp3) is 0.400. The minimum Gasteiger partial charge on any atom is -0.296 e. The molecule has 17 heavy (non-hydrogen) atoms. The molecule has 2 amide bonds. The van der Waals surface area contributed by atoms with Crippen molar-refractivity contribution in [3.8, 4) is 0 Å². The van der Waals surface area contributed by atoms with E-state index in [1.807, 2.05) is 0 Å². The van der Waals surface area contributed by atoms with Gasteiger partial charge in [-0.15, -0.1) is 11.6 Å². The highest BCUT2D eigenvalue weighted by Gasteiger charge is 2.31. The molecule has 1 aromatic heterocycles. The van der Waals surface area contributed by atoms with Crippen molar-refractivity contribution >= 4 is 23.4 Å². The Morgan fingerprint density at radius 3 is 2.82 bits per heavy atom. The number of alkyl halides is 1. The minimum absolute atomic E-state index is 0.0381. The zero-order chi connectivity index (χ0) is 12.4. The highest BCUT2D eigenvalue weighted by atomic mass is 35.5. The Balaban J connectivity index is 2.28. The summed E-state index contributed by atoms with van der Waals surface area (Å²) in [4.78, 5) is 22.5. The summed E-state index contributed by atoms with van der Waals surface area (Å²) in [5.74, 6) is -2.21. The van der Waals surface area contributed by atoms with Gasteiger partial charge in [0.15, 0.2) is 0 Å². The molecular weight excluding hydrogens is 249 g/mol. The van der Waals surface area contributed by atoms with Gasteiger partial charge in [-0.05, 0) is 6.42 Å². The Morgan fingerprint density at radius 2 is 2.24 bits per heavy atom. The second-order valence-electron chi connectivity index (χ2n) is 3.71. The van der Waals surface area contributed by atoms with Gasteiger partial charge in [-0.3, -0.25) is 14.9 Å². The molecule has 1 aliphatic rings. The molecule has 0 spiro atoms. The molecule has 1 unspecified atom stereocenters. The van der Waals surface area contributed by atoms with Crippen molar-refractivity contribution in [1.29, 1.82) is 0 Å². The fourth-order valence-corrected chi connectivity index (χ4v) is 1.80. The van der Waals surface area contributed by atoms with E-state index in [0.29, 0.717) is 5.69 Å². The lowest BCUT2D eigenvalue weighted by molar-refractivity contribution is -0.134. The number of carbonyl (C=O) groups is 2. The van der Waals surface area contributed by atoms with Gasteiger partial charge in [0.2, 0.25) is 11.8 Å². The lowest BCUT2D eigenvalue weighted by atomic mass is 9.94. The van der Waals surface area contributed by atoms with Crippen LogP contribution in [0.5, 0.6) is 0 Å². The minimum atomic E-state index is -0.760. The monoisotopic (exact) mass is 257 g/mol. The molecule has 90 valence electrons. The average Bonchev–Trinajstić information content (AvgIpc) is 2.30. The number of carbonyl (C=O) groups excluding carboxylic acids is 2. The first-order valence-corrected chi connectivity index (χ1v) is 5.57. The van der Waals surface area contributed by atoms with Gasteiger partial charge in [0.1, 0.15) is 11.5 Å². The van der Waals surface area contributed by atoms with Crippen molar-refractivity contribution in [1.82, 2.24) is 15.5 Å². The molecule has 1 fully saturated rings. The normalized spacial score (nSPS) is 20.2. The van der Waals surface area contributed by atoms with E-state index in [4.69, 9.17) is 11.6 Å². The van der Waals surface area contributed by atoms with Crippen molar-refractivity contribution in [2.45, 2.75) is 24.6 Å². The van der Waals surface area contributed by atoms with Gasteiger partial charge in [0, 0.05) is 12.5 Å². The van der Waals surface area contributed by atoms with Gasteiger partial charge in [-0.1, -0.05) is 0 Å². The predicted octanol–water partition coefficient (Wildman–Crippen LogP) is 0.875. The third-order valence-electron chi connectivity index (χ3n) is 2.53. The molecule has 0 aliphatic carbocycles. The summed E-state index contributed by atoms with van der Waals surface area (Å²) < 4.78 is 13.7. The molecule has 1 aromatic rings. The molecular formula is C10H9ClFN3O2. The molecule has 2 rings (SSSR count). The summed E-state index contributed by atoms with van der Waals surface area (Å²) in [7, 11) is 0. The summed E-state index contributed by atoms with van der Waals surface area (Å²) in [5.41, 5.74) is 0.268. The van der Waals surface area contributed by atoms with Gasteiger partial charge in [0.25, 0.3) is 0 Å². The molecule has 7 heteroatoms. The molecule has 0 saturated carbocycles. The van der Waals surface area contributed by atoms with Crippen LogP contribution >= 0.6 is 11.6 Å². The number of nitrogens with zero attached hydrogens (tertiary/aromatic N) is 2. The maximum absolute atomic E-state index is 13.7. The molecule has 2 heterocycles. The zero-order valence-electron chi connectivity index (χ0n) is 8.74. The van der Waals surface area contributed by atoms with Crippen LogP contribution in [-0.2, 0) is 15.5 Å². The van der Waals surface area contributed by atoms with Crippen molar-refractivity contribution in [2.75, 3.05) is 0 Å². The summed E-state index contributed by atoms with van der Waals surface area (Å²) in [6.07, 6.45) is 0.422. The van der Waals surface area contributed by atoms with Gasteiger partial charge >= 0.3 is 0 Å². The Labute approximate surface area is 101 Å². The van der Waals surface area contributed by atoms with Crippen LogP contribution in [0, 0.1) is 5.82 Å². The summed E-state index contributed by atoms with van der Waals surface area (Å²) in [5, 5.41) is 9.51. The van der Waals surface area contributed by atoms with E-state index in [1.165, 1.54) is 0 Å². The third kappa shape index (κ3) is 2.41. The van der Waals surface area contributed by atoms with Crippen molar-refractivity contribution < 1.29 is 14.0 Å². The first-order valence-electron chi connectivity index (χ1n) is 5.03. The van der Waals surface area contributed by atoms with Crippen LogP contribution in [0.4, 0.5) is 4.39 Å². The van der Waals surface area contributed by atoms with Crippen LogP contribution in [0.15, 0.2) is 6.07 Å². The largest absolute Gasteiger partial charge is 0.296 e. The second kappa shape index (κ2) is 4.75. The number of halogens is 2. The maximum Gasteiger partial charge on any atom is 0.235 e. The van der Waals surface area contributed by atoms with Crippen molar-refractivity contribution in [3.63, 3.8) is 0 Å². The quantitative estimate of drug-likeness (QED) is 0.630. The van der Waals surface area contributed by atoms with Crippen LogP contribution in [0.2, 0.25) is 0 Å². The molecule has 1 saturated heterocycles. The van der Waals surface area contributed by atoms with E-state index in [9.17, 15) is 14.0 Å². The number of imide groups is 1. The van der Waals surface area contributed by atoms with E-state index in [2.05, 4.69) is 15.5 Å². The Bertz CT molecular complexity index is 481. The SMILES string of the molecule is O=C1CCC(c2nnc(CCl)cc2F)C(=O)N1. The van der Waals surface area contributed by atoms with E-state index in [1.54, 1.807) is 0 Å². The van der Waals surface area contributed by atoms with Crippen molar-refractivity contribution in [3.05, 3.63) is 23.3 Å². The fourth-order valence-electron chi connectivity index (χ4n) is 1.67. The molecule has 1 N–H and O–H groups in total. The van der Waals surface area contributed by atoms with E-state index in [0.717, 1.165) is 6.07 Å². The number of piperidine rings is 1. The first kappa shape index (κ1) is 11.9. The summed E-state index contributed by atoms with van der Waals surface area (Å²) >= 11 is 5.49. The van der Waals surface area contributed by atoms with Gasteiger partial charge in [-0.25, -0.2) is 4.39 Å². The van der Waals surface area contributed by atoms with E-state index in [-0.39, 0.29) is 30.3 Å². The Morgan fingerprint density at radius 1 is 1.47 bits per heavy atom. The van der Waals surface area contributed by atoms with Crippen molar-refractivity contribution in [2.24, 2.45) is 0 Å². The Kier molecular flexibility index (Phi) is 3.33. The van der Waals surface area contributed by atoms with Crippen LogP contribution in [0.3, 0.4) is 0 Å². The highest BCUT2D eigenvalue weighted by molar-refractivity contribution is 6.16. The lowest BCUT2D eigenvalue weighted by Crippen LogP contribution is -2.40. The summed E-state index contributed by atoms with van der Waals surface area (Å²) in [6, 6.07) is 1.15. The highest BCUT2D eigenvalue weighted by Crippen LogP contribution is 2.25. The van der Waals surface area contributed by atoms with Crippen LogP contribution < -0.4 is 5.32 Å². The van der Waals surface area contributed by atoms with Crippen LogP contribution in [-0.4, -0.2) is 22.0 Å². The standard InChI is InChI=1S/C10H9ClFN3O2/c11-4-5-3-7(12)9(15-14-5)6-1-2-8(16)13-10(6)17/h3,6H,1-2,4H2,(H,13,16,17). The first-order chi connectivity index (χ1) is 8.11. The smallest absolute Gasteiger partial charge is 0.235 e. The number of hydrogen-bond donors (Lipinski definition) is 1. The zero-order valence-corrected chi connectivity index (χ0v) is 9.50. The maximum atomic E-state index is 13.7. The number of rotatable bonds is 2. The van der Waals surface area contributed by atoms with E-state index < -0.39 is 17.6 Å². The number of aromatic nitrogens is 2. The molecule has 1 aliphatic heterocycles. The summed E-state index contributed by atoms with van der Waals surface area (Å²) in [6.45, 7) is 0. The molecule has 0 aromatic carbocycles. The van der Waals surface area contributed by atoms with E-state index >= 15 is 0 Å². The number of amides is 2. The predicted molar refractivity (Wildman–Crippen MR) is 56.7 cm³/mol. The molecule has 5 nitrogen and oxygen atoms in total. The van der Waals surface area contributed by atoms with Gasteiger partial charge in [-0.2, -0.15) is 10.2 Å². The molecule has 0 radical (unpaired) electrons. The average molecular weight is 258 g/mol. The van der Waals surface area contributed by atoms with Gasteiger partial charge < -0.3 is 0 Å². The molecule has 0 bridgehead atoms. The lowest BCUT2D eigenvalue weighted by Gasteiger charge is -2.20. The Hall–Kier alpha value is -1.56.